The number of anilines is 1. The van der Waals surface area contributed by atoms with Crippen molar-refractivity contribution in [2.24, 2.45) is 0 Å². The highest BCUT2D eigenvalue weighted by atomic mass is 35.5. The maximum absolute atomic E-state index is 12.7. The van der Waals surface area contributed by atoms with Crippen LogP contribution in [0, 0.1) is 0 Å². The number of urea groups is 1. The second kappa shape index (κ2) is 9.78. The first-order valence-corrected chi connectivity index (χ1v) is 10.2. The number of para-hydroxylation sites is 1. The predicted molar refractivity (Wildman–Crippen MR) is 117 cm³/mol. The van der Waals surface area contributed by atoms with Crippen LogP contribution in [0.3, 0.4) is 0 Å². The summed E-state index contributed by atoms with van der Waals surface area (Å²) in [5, 5.41) is 10.8. The average Bonchev–Trinajstić information content (AvgIpc) is 3.06. The largest absolute Gasteiger partial charge is 0.338 e. The maximum Gasteiger partial charge on any atom is 0.317 e. The van der Waals surface area contributed by atoms with Gasteiger partial charge in [0.1, 0.15) is 12.4 Å². The molecular formula is C21H30ClN5O2. The predicted octanol–water partition coefficient (Wildman–Crippen LogP) is 4.20. The quantitative estimate of drug-likeness (QED) is 0.705. The number of hydrogen-bond acceptors (Lipinski definition) is 3. The molecule has 1 heterocycles. The van der Waals surface area contributed by atoms with Crippen LogP contribution in [-0.4, -0.2) is 46.3 Å². The Hall–Kier alpha value is -2.54. The van der Waals surface area contributed by atoms with Crippen molar-refractivity contribution in [2.45, 2.75) is 46.5 Å². The van der Waals surface area contributed by atoms with Gasteiger partial charge in [-0.25, -0.2) is 9.48 Å². The number of nitrogens with one attached hydrogen (secondary N) is 2. The van der Waals surface area contributed by atoms with Gasteiger partial charge in [-0.15, -0.1) is 0 Å². The first-order chi connectivity index (χ1) is 13.7. The molecule has 29 heavy (non-hydrogen) atoms. The van der Waals surface area contributed by atoms with Crippen molar-refractivity contribution in [1.29, 1.82) is 0 Å². The molecule has 1 aromatic heterocycles. The average molecular weight is 420 g/mol. The van der Waals surface area contributed by atoms with Crippen molar-refractivity contribution >= 4 is 29.4 Å². The van der Waals surface area contributed by atoms with Gasteiger partial charge in [0.2, 0.25) is 5.91 Å². The highest BCUT2D eigenvalue weighted by Gasteiger charge is 2.23. The van der Waals surface area contributed by atoms with E-state index in [1.54, 1.807) is 10.7 Å². The highest BCUT2D eigenvalue weighted by molar-refractivity contribution is 6.32. The monoisotopic (exact) mass is 419 g/mol. The van der Waals surface area contributed by atoms with E-state index in [0.717, 1.165) is 12.1 Å². The van der Waals surface area contributed by atoms with Gasteiger partial charge >= 0.3 is 6.03 Å². The number of nitrogens with zero attached hydrogens (tertiary/aromatic N) is 3. The Morgan fingerprint density at radius 3 is 2.48 bits per heavy atom. The molecule has 0 fully saturated rings. The molecule has 0 saturated carbocycles. The minimum Gasteiger partial charge on any atom is -0.338 e. The Labute approximate surface area is 177 Å². The molecule has 0 bridgehead atoms. The van der Waals surface area contributed by atoms with Gasteiger partial charge in [0.25, 0.3) is 0 Å². The first kappa shape index (κ1) is 22.7. The molecule has 0 atom stereocenters. The third-order valence-electron chi connectivity index (χ3n) is 4.27. The summed E-state index contributed by atoms with van der Waals surface area (Å²) in [7, 11) is 0. The zero-order chi connectivity index (χ0) is 21.6. The second-order valence-corrected chi connectivity index (χ2v) is 8.24. The molecule has 0 unspecified atom stereocenters. The minimum atomic E-state index is -0.293. The summed E-state index contributed by atoms with van der Waals surface area (Å²) >= 11 is 6.36. The molecule has 0 aliphatic carbocycles. The number of halogens is 1. The smallest absolute Gasteiger partial charge is 0.317 e. The fraction of sp³-hybridized carbons (Fsp3) is 0.476. The zero-order valence-corrected chi connectivity index (χ0v) is 18.5. The second-order valence-electron chi connectivity index (χ2n) is 7.83. The number of amides is 3. The Bertz CT molecular complexity index is 857. The summed E-state index contributed by atoms with van der Waals surface area (Å²) in [6.45, 7) is 10.9. The molecule has 0 saturated heterocycles. The Morgan fingerprint density at radius 1 is 1.21 bits per heavy atom. The van der Waals surface area contributed by atoms with Gasteiger partial charge in [0.15, 0.2) is 0 Å². The standard InChI is InChI=1S/C21H30ClN5O2/c1-6-12-26(20(29)23-7-2)14-19(28)24-18-13-17(21(3,4)5)25-27(18)16-11-9-8-10-15(16)22/h8-11,13H,6-7,12,14H2,1-5H3,(H,23,29)(H,24,28). The van der Waals surface area contributed by atoms with Gasteiger partial charge < -0.3 is 15.5 Å². The van der Waals surface area contributed by atoms with E-state index in [9.17, 15) is 9.59 Å². The number of hydrogen-bond donors (Lipinski definition) is 2. The van der Waals surface area contributed by atoms with Crippen LogP contribution >= 0.6 is 11.6 Å². The lowest BCUT2D eigenvalue weighted by Gasteiger charge is -2.21. The van der Waals surface area contributed by atoms with Gasteiger partial charge in [-0.2, -0.15) is 5.10 Å². The molecule has 1 aromatic carbocycles. The van der Waals surface area contributed by atoms with Crippen LogP contribution in [-0.2, 0) is 10.2 Å². The van der Waals surface area contributed by atoms with E-state index in [1.165, 1.54) is 4.90 Å². The highest BCUT2D eigenvalue weighted by Crippen LogP contribution is 2.29. The van der Waals surface area contributed by atoms with E-state index in [-0.39, 0.29) is 23.9 Å². The van der Waals surface area contributed by atoms with Crippen molar-refractivity contribution in [1.82, 2.24) is 20.0 Å². The van der Waals surface area contributed by atoms with E-state index in [1.807, 2.05) is 38.1 Å². The fourth-order valence-corrected chi connectivity index (χ4v) is 3.00. The molecule has 2 rings (SSSR count). The number of aromatic nitrogens is 2. The normalized spacial score (nSPS) is 11.2. The molecule has 0 aliphatic rings. The topological polar surface area (TPSA) is 79.3 Å². The summed E-state index contributed by atoms with van der Waals surface area (Å²) in [6, 6.07) is 8.92. The Balaban J connectivity index is 2.31. The molecule has 3 amide bonds. The first-order valence-electron chi connectivity index (χ1n) is 9.85. The zero-order valence-electron chi connectivity index (χ0n) is 17.8. The lowest BCUT2D eigenvalue weighted by Crippen LogP contribution is -2.44. The molecule has 0 radical (unpaired) electrons. The fourth-order valence-electron chi connectivity index (χ4n) is 2.78. The molecular weight excluding hydrogens is 390 g/mol. The number of carbonyl (C=O) groups is 2. The van der Waals surface area contributed by atoms with Crippen LogP contribution < -0.4 is 10.6 Å². The van der Waals surface area contributed by atoms with Crippen LogP contribution in [0.25, 0.3) is 5.69 Å². The SMILES string of the molecule is CCCN(CC(=O)Nc1cc(C(C)(C)C)nn1-c1ccccc1Cl)C(=O)NCC. The number of benzene rings is 1. The summed E-state index contributed by atoms with van der Waals surface area (Å²) in [5.74, 6) is 0.221. The van der Waals surface area contributed by atoms with Crippen LogP contribution in [0.1, 0.15) is 46.7 Å². The van der Waals surface area contributed by atoms with E-state index in [0.29, 0.717) is 29.6 Å². The lowest BCUT2D eigenvalue weighted by molar-refractivity contribution is -0.116. The maximum atomic E-state index is 12.7. The van der Waals surface area contributed by atoms with Crippen LogP contribution in [0.2, 0.25) is 5.02 Å². The van der Waals surface area contributed by atoms with Crippen molar-refractivity contribution in [3.63, 3.8) is 0 Å². The molecule has 158 valence electrons. The molecule has 2 N–H and O–H groups in total. The molecule has 0 aliphatic heterocycles. The minimum absolute atomic E-state index is 0.0434. The van der Waals surface area contributed by atoms with E-state index in [4.69, 9.17) is 11.6 Å². The van der Waals surface area contributed by atoms with Gasteiger partial charge in [0.05, 0.1) is 16.4 Å². The molecule has 7 nitrogen and oxygen atoms in total. The van der Waals surface area contributed by atoms with Gasteiger partial charge in [-0.05, 0) is 25.5 Å². The summed E-state index contributed by atoms with van der Waals surface area (Å²) in [4.78, 5) is 26.4. The summed E-state index contributed by atoms with van der Waals surface area (Å²) in [5.41, 5.74) is 1.29. The number of carbonyl (C=O) groups excluding carboxylic acids is 2. The van der Waals surface area contributed by atoms with Crippen molar-refractivity contribution < 1.29 is 9.59 Å². The lowest BCUT2D eigenvalue weighted by atomic mass is 9.92. The summed E-state index contributed by atoms with van der Waals surface area (Å²) < 4.78 is 1.64. The van der Waals surface area contributed by atoms with Crippen molar-refractivity contribution in [3.8, 4) is 5.69 Å². The van der Waals surface area contributed by atoms with Gasteiger partial charge in [0, 0.05) is 24.6 Å². The third-order valence-corrected chi connectivity index (χ3v) is 4.59. The van der Waals surface area contributed by atoms with Gasteiger partial charge in [-0.1, -0.05) is 51.4 Å². The van der Waals surface area contributed by atoms with E-state index < -0.39 is 0 Å². The van der Waals surface area contributed by atoms with Crippen molar-refractivity contribution in [3.05, 3.63) is 41.0 Å². The van der Waals surface area contributed by atoms with Gasteiger partial charge in [-0.3, -0.25) is 4.79 Å². The number of rotatable bonds is 7. The van der Waals surface area contributed by atoms with Crippen LogP contribution in [0.15, 0.2) is 30.3 Å². The molecule has 0 spiro atoms. The van der Waals surface area contributed by atoms with Crippen LogP contribution in [0.5, 0.6) is 0 Å². The Kier molecular flexibility index (Phi) is 7.67. The summed E-state index contributed by atoms with van der Waals surface area (Å²) in [6.07, 6.45) is 0.760. The Morgan fingerprint density at radius 2 is 1.90 bits per heavy atom. The molecule has 2 aromatic rings. The van der Waals surface area contributed by atoms with Crippen LogP contribution in [0.4, 0.5) is 10.6 Å². The third kappa shape index (κ3) is 5.97. The van der Waals surface area contributed by atoms with E-state index in [2.05, 4.69) is 36.5 Å². The molecule has 8 heteroatoms. The van der Waals surface area contributed by atoms with E-state index >= 15 is 0 Å². The van der Waals surface area contributed by atoms with Crippen molar-refractivity contribution in [2.75, 3.05) is 25.0 Å².